The van der Waals surface area contributed by atoms with Gasteiger partial charge in [0.2, 0.25) is 12.3 Å². The van der Waals surface area contributed by atoms with Crippen LogP contribution in [0.2, 0.25) is 0 Å². The Kier molecular flexibility index (Phi) is 12.4. The molecule has 0 unspecified atom stereocenters. The van der Waals surface area contributed by atoms with Crippen molar-refractivity contribution in [1.29, 1.82) is 0 Å². The zero-order valence-corrected chi connectivity index (χ0v) is 23.3. The normalized spacial score (nSPS) is 15.9. The van der Waals surface area contributed by atoms with Crippen molar-refractivity contribution in [3.8, 4) is 11.4 Å². The van der Waals surface area contributed by atoms with E-state index in [1.807, 2.05) is 4.90 Å². The second kappa shape index (κ2) is 15.2. The molecule has 1 saturated heterocycles. The summed E-state index contributed by atoms with van der Waals surface area (Å²) in [5.74, 6) is 0.611. The molecule has 39 heavy (non-hydrogen) atoms. The summed E-state index contributed by atoms with van der Waals surface area (Å²) in [7, 11) is 1.80. The quantitative estimate of drug-likeness (QED) is 0.333. The number of nitrogens with two attached hydrogens (primary N) is 3. The van der Waals surface area contributed by atoms with Crippen LogP contribution in [0.1, 0.15) is 51.5 Å². The van der Waals surface area contributed by atoms with Crippen LogP contribution in [0.3, 0.4) is 0 Å². The molecule has 0 atom stereocenters. The van der Waals surface area contributed by atoms with E-state index >= 15 is 0 Å². The van der Waals surface area contributed by atoms with Gasteiger partial charge in [-0.3, -0.25) is 14.2 Å². The first-order chi connectivity index (χ1) is 18.5. The Balaban J connectivity index is 0.000000450. The lowest BCUT2D eigenvalue weighted by Gasteiger charge is -2.37. The van der Waals surface area contributed by atoms with E-state index < -0.39 is 11.2 Å². The number of piperazine rings is 1. The summed E-state index contributed by atoms with van der Waals surface area (Å²) in [5, 5.41) is 13.1. The van der Waals surface area contributed by atoms with E-state index in [9.17, 15) is 14.7 Å². The Morgan fingerprint density at radius 1 is 1.15 bits per heavy atom. The molecule has 216 valence electrons. The maximum absolute atomic E-state index is 12.6. The number of hydrogen-bond acceptors (Lipinski definition) is 9. The molecule has 12 nitrogen and oxygen atoms in total. The molecule has 2 aromatic rings. The molecule has 1 saturated carbocycles. The zero-order chi connectivity index (χ0) is 29.0. The molecule has 1 aromatic carbocycles. The van der Waals surface area contributed by atoms with Crippen molar-refractivity contribution in [2.24, 2.45) is 17.2 Å². The Hall–Kier alpha value is -3.48. The van der Waals surface area contributed by atoms with Crippen LogP contribution in [-0.4, -0.2) is 76.7 Å². The summed E-state index contributed by atoms with van der Waals surface area (Å²) in [6.07, 6.45) is 8.56. The molecule has 1 aliphatic carbocycles. The summed E-state index contributed by atoms with van der Waals surface area (Å²) in [6, 6.07) is 7.40. The van der Waals surface area contributed by atoms with Gasteiger partial charge in [0.05, 0.1) is 11.2 Å². The van der Waals surface area contributed by atoms with Crippen molar-refractivity contribution < 1.29 is 14.7 Å². The molecule has 8 N–H and O–H groups in total. The van der Waals surface area contributed by atoms with Gasteiger partial charge in [-0.2, -0.15) is 4.98 Å². The molecule has 1 aliphatic heterocycles. The number of phenols is 1. The van der Waals surface area contributed by atoms with E-state index in [0.29, 0.717) is 50.3 Å². The Morgan fingerprint density at radius 3 is 2.23 bits per heavy atom. The molecular formula is C27H44N8O4. The molecule has 1 aromatic heterocycles. The van der Waals surface area contributed by atoms with Crippen molar-refractivity contribution in [3.63, 3.8) is 0 Å². The first kappa shape index (κ1) is 31.7. The second-order valence-electron chi connectivity index (χ2n) is 10.3. The lowest BCUT2D eigenvalue weighted by Crippen LogP contribution is -2.57. The first-order valence-corrected chi connectivity index (χ1v) is 13.3. The number of hydrogen-bond donors (Lipinski definition) is 5. The average molecular weight is 545 g/mol. The number of rotatable bonds is 5. The average Bonchev–Trinajstić information content (AvgIpc) is 2.90. The number of nitrogens with zero attached hydrogens (tertiary/aromatic N) is 4. The van der Waals surface area contributed by atoms with Gasteiger partial charge in [-0.15, -0.1) is 0 Å². The Morgan fingerprint density at radius 2 is 1.77 bits per heavy atom. The number of phenolic OH excluding ortho intramolecular Hbond substituents is 1. The van der Waals surface area contributed by atoms with Gasteiger partial charge in [0.15, 0.2) is 0 Å². The van der Waals surface area contributed by atoms with Crippen LogP contribution >= 0.6 is 0 Å². The number of amides is 2. The first-order valence-electron chi connectivity index (χ1n) is 13.3. The fraction of sp³-hybridized carbons (Fsp3) is 0.556. The van der Waals surface area contributed by atoms with E-state index in [0.717, 1.165) is 5.56 Å². The summed E-state index contributed by atoms with van der Waals surface area (Å²) in [4.78, 5) is 41.4. The highest BCUT2D eigenvalue weighted by Crippen LogP contribution is 2.21. The van der Waals surface area contributed by atoms with E-state index in [-0.39, 0.29) is 18.1 Å². The lowest BCUT2D eigenvalue weighted by atomic mass is 9.97. The van der Waals surface area contributed by atoms with Gasteiger partial charge in [0, 0.05) is 56.6 Å². The van der Waals surface area contributed by atoms with Crippen LogP contribution in [0.25, 0.3) is 5.69 Å². The van der Waals surface area contributed by atoms with E-state index in [1.165, 1.54) is 36.7 Å². The van der Waals surface area contributed by atoms with Crippen molar-refractivity contribution in [1.82, 2.24) is 19.8 Å². The lowest BCUT2D eigenvalue weighted by molar-refractivity contribution is -0.136. The number of aromatic hydroxyl groups is 1. The predicted octanol–water partition coefficient (Wildman–Crippen LogP) is 0.423. The molecule has 2 aliphatic rings. The number of nitrogens with one attached hydrogen (secondary N) is 1. The van der Waals surface area contributed by atoms with Crippen LogP contribution in [0.4, 0.5) is 5.82 Å². The Labute approximate surface area is 230 Å². The summed E-state index contributed by atoms with van der Waals surface area (Å²) in [6.45, 7) is 6.16. The van der Waals surface area contributed by atoms with Crippen molar-refractivity contribution in [2.45, 2.75) is 64.1 Å². The molecule has 4 rings (SSSR count). The fourth-order valence-corrected chi connectivity index (χ4v) is 4.49. The van der Waals surface area contributed by atoms with Crippen molar-refractivity contribution in [2.75, 3.05) is 38.1 Å². The van der Waals surface area contributed by atoms with Crippen molar-refractivity contribution in [3.05, 3.63) is 46.5 Å². The summed E-state index contributed by atoms with van der Waals surface area (Å²) >= 11 is 0. The molecule has 2 heterocycles. The monoisotopic (exact) mass is 544 g/mol. The maximum atomic E-state index is 12.6. The Bertz CT molecular complexity index is 1120. The zero-order valence-electron chi connectivity index (χ0n) is 23.3. The molecule has 0 radical (unpaired) electrons. The van der Waals surface area contributed by atoms with Gasteiger partial charge in [0.25, 0.3) is 0 Å². The van der Waals surface area contributed by atoms with Gasteiger partial charge in [-0.1, -0.05) is 25.3 Å². The fourth-order valence-electron chi connectivity index (χ4n) is 4.49. The minimum Gasteiger partial charge on any atom is -0.508 e. The highest BCUT2D eigenvalue weighted by molar-refractivity contribution is 5.85. The predicted molar refractivity (Wildman–Crippen MR) is 153 cm³/mol. The highest BCUT2D eigenvalue weighted by Gasteiger charge is 2.30. The smallest absolute Gasteiger partial charge is 0.354 e. The SMILES string of the molecule is CNCc1ccc(-n2ccc(N3CCN(C(=O)C(C)(C)N)CC3)nc2=O)cc1O.NC1CCCCC1.NC=O. The van der Waals surface area contributed by atoms with Crippen LogP contribution in [0.5, 0.6) is 5.75 Å². The molecule has 0 spiro atoms. The number of primary amides is 1. The van der Waals surface area contributed by atoms with Crippen LogP contribution in [-0.2, 0) is 16.1 Å². The van der Waals surface area contributed by atoms with Crippen LogP contribution < -0.4 is 33.1 Å². The third-order valence-electron chi connectivity index (χ3n) is 6.60. The van der Waals surface area contributed by atoms with Gasteiger partial charge in [-0.05, 0) is 45.9 Å². The second-order valence-corrected chi connectivity index (χ2v) is 10.3. The standard InChI is InChI=1S/C20H28N6O3.C6H13N.CH3NO/c1-20(2,21)18(28)25-10-8-24(9-11-25)17-6-7-26(19(29)23-17)15-5-4-14(13-22-3)16(27)12-15;7-6-4-2-1-3-5-6;2-1-3/h4-7,12,22,27H,8-11,13,21H2,1-3H3;6H,1-5,7H2;1H,(H2,2,3). The third-order valence-corrected chi connectivity index (χ3v) is 6.60. The molecule has 2 fully saturated rings. The molecule has 2 amide bonds. The number of anilines is 1. The van der Waals surface area contributed by atoms with E-state index in [4.69, 9.17) is 16.3 Å². The summed E-state index contributed by atoms with van der Waals surface area (Å²) in [5.41, 5.74) is 15.7. The van der Waals surface area contributed by atoms with Crippen molar-refractivity contribution >= 4 is 18.1 Å². The third kappa shape index (κ3) is 9.65. The van der Waals surface area contributed by atoms with Gasteiger partial charge in [0.1, 0.15) is 11.6 Å². The topological polar surface area (TPSA) is 186 Å². The molecule has 0 bridgehead atoms. The van der Waals surface area contributed by atoms with Gasteiger partial charge < -0.3 is 37.4 Å². The molecular weight excluding hydrogens is 500 g/mol. The number of carbonyl (C=O) groups is 2. The minimum atomic E-state index is -0.894. The van der Waals surface area contributed by atoms with Crippen LogP contribution in [0, 0.1) is 0 Å². The minimum absolute atomic E-state index is 0.0814. The largest absolute Gasteiger partial charge is 0.508 e. The number of carbonyl (C=O) groups excluding carboxylic acids is 2. The van der Waals surface area contributed by atoms with E-state index in [2.05, 4.69) is 16.0 Å². The van der Waals surface area contributed by atoms with Crippen LogP contribution in [0.15, 0.2) is 35.3 Å². The number of aromatic nitrogens is 2. The van der Waals surface area contributed by atoms with Gasteiger partial charge in [-0.25, -0.2) is 4.79 Å². The summed E-state index contributed by atoms with van der Waals surface area (Å²) < 4.78 is 1.39. The number of benzene rings is 1. The highest BCUT2D eigenvalue weighted by atomic mass is 16.3. The van der Waals surface area contributed by atoms with Gasteiger partial charge >= 0.3 is 5.69 Å². The maximum Gasteiger partial charge on any atom is 0.354 e. The van der Waals surface area contributed by atoms with E-state index in [1.54, 1.807) is 56.3 Å². The molecule has 12 heteroatoms.